The molecule has 2 heterocycles. The third-order valence-corrected chi connectivity index (χ3v) is 4.94. The van der Waals surface area contributed by atoms with Crippen LogP contribution in [0.1, 0.15) is 39.5 Å². The molecule has 0 bridgehead atoms. The topological polar surface area (TPSA) is 18.5 Å². The van der Waals surface area contributed by atoms with Gasteiger partial charge in [0.2, 0.25) is 0 Å². The molecule has 0 aromatic rings. The highest BCUT2D eigenvalue weighted by molar-refractivity contribution is 4.87. The molecule has 0 aliphatic carbocycles. The first-order chi connectivity index (χ1) is 8.63. The van der Waals surface area contributed by atoms with E-state index in [9.17, 15) is 0 Å². The van der Waals surface area contributed by atoms with Crippen LogP contribution in [0.3, 0.4) is 0 Å². The van der Waals surface area contributed by atoms with Crippen molar-refractivity contribution >= 4 is 0 Å². The van der Waals surface area contributed by atoms with Crippen LogP contribution in [-0.4, -0.2) is 62.2 Å². The monoisotopic (exact) mass is 253 g/mol. The summed E-state index contributed by atoms with van der Waals surface area (Å²) in [7, 11) is 2.34. The summed E-state index contributed by atoms with van der Waals surface area (Å²) in [6, 6.07) is 0.812. The van der Waals surface area contributed by atoms with Crippen molar-refractivity contribution in [3.8, 4) is 0 Å². The van der Waals surface area contributed by atoms with Gasteiger partial charge in [0.15, 0.2) is 0 Å². The van der Waals surface area contributed by atoms with Crippen LogP contribution in [0.5, 0.6) is 0 Å². The van der Waals surface area contributed by atoms with Crippen molar-refractivity contribution in [1.82, 2.24) is 15.1 Å². The Labute approximate surface area is 113 Å². The van der Waals surface area contributed by atoms with Gasteiger partial charge in [-0.15, -0.1) is 0 Å². The summed E-state index contributed by atoms with van der Waals surface area (Å²) in [6.07, 6.45) is 5.44. The van der Waals surface area contributed by atoms with Gasteiger partial charge in [-0.2, -0.15) is 0 Å². The quantitative estimate of drug-likeness (QED) is 0.824. The lowest BCUT2D eigenvalue weighted by atomic mass is 9.82. The Hall–Kier alpha value is -0.120. The van der Waals surface area contributed by atoms with Crippen molar-refractivity contribution in [2.45, 2.75) is 45.6 Å². The first kappa shape index (κ1) is 14.3. The number of hydrogen-bond donors (Lipinski definition) is 1. The normalized spacial score (nSPS) is 32.0. The summed E-state index contributed by atoms with van der Waals surface area (Å²) in [5.41, 5.74) is 0.495. The molecule has 1 unspecified atom stereocenters. The standard InChI is InChI=1S/C15H31N3/c1-4-18-10-6-14(7-11-18)17(3)13-15(2)8-5-9-16-12-15/h14,16H,4-13H2,1-3H3. The van der Waals surface area contributed by atoms with E-state index in [4.69, 9.17) is 0 Å². The molecular formula is C15H31N3. The second-order valence-electron chi connectivity index (χ2n) is 6.67. The molecular weight excluding hydrogens is 222 g/mol. The van der Waals surface area contributed by atoms with Crippen LogP contribution in [0.25, 0.3) is 0 Å². The van der Waals surface area contributed by atoms with E-state index in [1.165, 1.54) is 65.0 Å². The van der Waals surface area contributed by atoms with E-state index in [0.717, 1.165) is 6.04 Å². The zero-order valence-corrected chi connectivity index (χ0v) is 12.5. The number of nitrogens with zero attached hydrogens (tertiary/aromatic N) is 2. The molecule has 0 amide bonds. The zero-order chi connectivity index (χ0) is 13.0. The highest BCUT2D eigenvalue weighted by atomic mass is 15.2. The lowest BCUT2D eigenvalue weighted by Crippen LogP contribution is -2.50. The predicted octanol–water partition coefficient (Wildman–Crippen LogP) is 1.79. The van der Waals surface area contributed by atoms with Crippen molar-refractivity contribution in [2.24, 2.45) is 5.41 Å². The van der Waals surface area contributed by atoms with Gasteiger partial charge in [0, 0.05) is 19.1 Å². The minimum absolute atomic E-state index is 0.495. The fourth-order valence-electron chi connectivity index (χ4n) is 3.66. The van der Waals surface area contributed by atoms with E-state index >= 15 is 0 Å². The highest BCUT2D eigenvalue weighted by Gasteiger charge is 2.31. The minimum atomic E-state index is 0.495. The number of rotatable bonds is 4. The van der Waals surface area contributed by atoms with Crippen molar-refractivity contribution in [3.05, 3.63) is 0 Å². The molecule has 0 radical (unpaired) electrons. The van der Waals surface area contributed by atoms with Gasteiger partial charge in [-0.3, -0.25) is 0 Å². The van der Waals surface area contributed by atoms with Crippen molar-refractivity contribution in [1.29, 1.82) is 0 Å². The summed E-state index contributed by atoms with van der Waals surface area (Å²) in [5, 5.41) is 3.56. The second kappa shape index (κ2) is 6.36. The number of hydrogen-bond acceptors (Lipinski definition) is 3. The molecule has 106 valence electrons. The Kier molecular flexibility index (Phi) is 5.05. The van der Waals surface area contributed by atoms with E-state index in [0.29, 0.717) is 5.41 Å². The maximum absolute atomic E-state index is 3.56. The Bertz CT molecular complexity index is 240. The molecule has 3 nitrogen and oxygen atoms in total. The molecule has 2 rings (SSSR count). The molecule has 0 saturated carbocycles. The Morgan fingerprint density at radius 1 is 1.33 bits per heavy atom. The second-order valence-corrected chi connectivity index (χ2v) is 6.67. The van der Waals surface area contributed by atoms with Crippen molar-refractivity contribution < 1.29 is 0 Å². The van der Waals surface area contributed by atoms with Crippen LogP contribution in [0.15, 0.2) is 0 Å². The van der Waals surface area contributed by atoms with E-state index < -0.39 is 0 Å². The van der Waals surface area contributed by atoms with Crippen molar-refractivity contribution in [2.75, 3.05) is 46.3 Å². The van der Waals surface area contributed by atoms with Crippen molar-refractivity contribution in [3.63, 3.8) is 0 Å². The lowest BCUT2D eigenvalue weighted by Gasteiger charge is -2.42. The smallest absolute Gasteiger partial charge is 0.0117 e. The maximum Gasteiger partial charge on any atom is 0.0117 e. The average Bonchev–Trinajstić information content (AvgIpc) is 2.39. The molecule has 3 heteroatoms. The molecule has 2 saturated heterocycles. The van der Waals surface area contributed by atoms with E-state index in [2.05, 4.69) is 36.0 Å². The van der Waals surface area contributed by atoms with Crippen LogP contribution in [0.4, 0.5) is 0 Å². The lowest BCUT2D eigenvalue weighted by molar-refractivity contribution is 0.0812. The van der Waals surface area contributed by atoms with Gasteiger partial charge in [0.25, 0.3) is 0 Å². The summed E-state index contributed by atoms with van der Waals surface area (Å²) in [5.74, 6) is 0. The molecule has 2 aliphatic rings. The van der Waals surface area contributed by atoms with E-state index in [-0.39, 0.29) is 0 Å². The fourth-order valence-corrected chi connectivity index (χ4v) is 3.66. The van der Waals surface area contributed by atoms with Crippen LogP contribution >= 0.6 is 0 Å². The van der Waals surface area contributed by atoms with Gasteiger partial charge in [0.05, 0.1) is 0 Å². The van der Waals surface area contributed by atoms with Crippen LogP contribution in [0, 0.1) is 5.41 Å². The zero-order valence-electron chi connectivity index (χ0n) is 12.5. The molecule has 0 spiro atoms. The van der Waals surface area contributed by atoms with E-state index in [1.54, 1.807) is 0 Å². The minimum Gasteiger partial charge on any atom is -0.316 e. The number of likely N-dealkylation sites (tertiary alicyclic amines) is 1. The predicted molar refractivity (Wildman–Crippen MR) is 78.0 cm³/mol. The van der Waals surface area contributed by atoms with E-state index in [1.807, 2.05) is 0 Å². The molecule has 1 N–H and O–H groups in total. The first-order valence-electron chi connectivity index (χ1n) is 7.76. The van der Waals surface area contributed by atoms with Gasteiger partial charge in [-0.05, 0) is 64.3 Å². The SMILES string of the molecule is CCN1CCC(N(C)CC2(C)CCCNC2)CC1. The molecule has 18 heavy (non-hydrogen) atoms. The van der Waals surface area contributed by atoms with Gasteiger partial charge < -0.3 is 15.1 Å². The van der Waals surface area contributed by atoms with Gasteiger partial charge in [-0.25, -0.2) is 0 Å². The van der Waals surface area contributed by atoms with Gasteiger partial charge >= 0.3 is 0 Å². The summed E-state index contributed by atoms with van der Waals surface area (Å²) >= 11 is 0. The van der Waals surface area contributed by atoms with Crippen LogP contribution < -0.4 is 5.32 Å². The molecule has 2 fully saturated rings. The summed E-state index contributed by atoms with van der Waals surface area (Å²) < 4.78 is 0. The average molecular weight is 253 g/mol. The highest BCUT2D eigenvalue weighted by Crippen LogP contribution is 2.28. The third kappa shape index (κ3) is 3.69. The first-order valence-corrected chi connectivity index (χ1v) is 7.76. The third-order valence-electron chi connectivity index (χ3n) is 4.94. The maximum atomic E-state index is 3.56. The summed E-state index contributed by atoms with van der Waals surface area (Å²) in [6.45, 7) is 12.2. The van der Waals surface area contributed by atoms with Crippen LogP contribution in [0.2, 0.25) is 0 Å². The Morgan fingerprint density at radius 3 is 2.61 bits per heavy atom. The number of nitrogens with one attached hydrogen (secondary N) is 1. The molecule has 0 aromatic heterocycles. The number of piperidine rings is 2. The van der Waals surface area contributed by atoms with Gasteiger partial charge in [0.1, 0.15) is 0 Å². The Morgan fingerprint density at radius 2 is 2.06 bits per heavy atom. The van der Waals surface area contributed by atoms with Gasteiger partial charge in [-0.1, -0.05) is 13.8 Å². The Balaban J connectivity index is 1.79. The summed E-state index contributed by atoms with van der Waals surface area (Å²) in [4.78, 5) is 5.22. The molecule has 1 atom stereocenters. The molecule has 0 aromatic carbocycles. The fraction of sp³-hybridized carbons (Fsp3) is 1.00. The largest absolute Gasteiger partial charge is 0.316 e. The molecule has 2 aliphatic heterocycles. The van der Waals surface area contributed by atoms with Crippen LogP contribution in [-0.2, 0) is 0 Å².